The number of ether oxygens (including phenoxy) is 1. The molecule has 2 nitrogen and oxygen atoms in total. The zero-order chi connectivity index (χ0) is 12.0. The van der Waals surface area contributed by atoms with Crippen molar-refractivity contribution in [3.05, 3.63) is 22.4 Å². The van der Waals surface area contributed by atoms with Gasteiger partial charge in [0.05, 0.1) is 6.61 Å². The lowest BCUT2D eigenvalue weighted by Gasteiger charge is -2.37. The second-order valence-corrected chi connectivity index (χ2v) is 5.92. The first-order valence-electron chi connectivity index (χ1n) is 6.64. The largest absolute Gasteiger partial charge is 0.381 e. The molecular weight excluding hydrogens is 230 g/mol. The Morgan fingerprint density at radius 1 is 1.53 bits per heavy atom. The van der Waals surface area contributed by atoms with E-state index in [0.29, 0.717) is 5.41 Å². The van der Waals surface area contributed by atoms with E-state index in [2.05, 4.69) is 29.1 Å². The molecule has 17 heavy (non-hydrogen) atoms. The number of rotatable bonds is 6. The van der Waals surface area contributed by atoms with Gasteiger partial charge in [-0.3, -0.25) is 0 Å². The molecule has 1 atom stereocenters. The van der Waals surface area contributed by atoms with Crippen LogP contribution in [0.3, 0.4) is 0 Å². The van der Waals surface area contributed by atoms with Gasteiger partial charge in [-0.25, -0.2) is 0 Å². The summed E-state index contributed by atoms with van der Waals surface area (Å²) in [4.78, 5) is 0. The van der Waals surface area contributed by atoms with Crippen LogP contribution < -0.4 is 5.32 Å². The molecule has 96 valence electrons. The SMILES string of the molecule is CCCNCC1(Cc2ccsc2)CCCOC1. The molecule has 0 radical (unpaired) electrons. The highest BCUT2D eigenvalue weighted by molar-refractivity contribution is 7.07. The standard InChI is InChI=1S/C14H23NOS/c1-2-6-15-11-14(5-3-7-16-12-14)9-13-4-8-17-10-13/h4,8,10,15H,2-3,5-7,9,11-12H2,1H3. The Morgan fingerprint density at radius 3 is 3.12 bits per heavy atom. The van der Waals surface area contributed by atoms with Crippen molar-refractivity contribution in [1.29, 1.82) is 0 Å². The van der Waals surface area contributed by atoms with Crippen LogP contribution in [-0.4, -0.2) is 26.3 Å². The minimum absolute atomic E-state index is 0.328. The van der Waals surface area contributed by atoms with Crippen LogP contribution in [-0.2, 0) is 11.2 Å². The van der Waals surface area contributed by atoms with Crippen LogP contribution in [0.15, 0.2) is 16.8 Å². The van der Waals surface area contributed by atoms with Crippen molar-refractivity contribution in [2.75, 3.05) is 26.3 Å². The number of hydrogen-bond acceptors (Lipinski definition) is 3. The average Bonchev–Trinajstić information content (AvgIpc) is 2.83. The fraction of sp³-hybridized carbons (Fsp3) is 0.714. The molecule has 1 fully saturated rings. The van der Waals surface area contributed by atoms with Crippen molar-refractivity contribution in [3.8, 4) is 0 Å². The summed E-state index contributed by atoms with van der Waals surface area (Å²) < 4.78 is 5.73. The van der Waals surface area contributed by atoms with Crippen molar-refractivity contribution in [1.82, 2.24) is 5.32 Å². The van der Waals surface area contributed by atoms with E-state index < -0.39 is 0 Å². The predicted octanol–water partition coefficient (Wildman–Crippen LogP) is 3.09. The van der Waals surface area contributed by atoms with E-state index in [1.54, 1.807) is 11.3 Å². The maximum absolute atomic E-state index is 5.73. The van der Waals surface area contributed by atoms with Gasteiger partial charge in [-0.15, -0.1) is 0 Å². The second-order valence-electron chi connectivity index (χ2n) is 5.14. The molecule has 1 aromatic heterocycles. The minimum atomic E-state index is 0.328. The van der Waals surface area contributed by atoms with E-state index in [9.17, 15) is 0 Å². The first-order chi connectivity index (χ1) is 8.35. The van der Waals surface area contributed by atoms with Crippen LogP contribution in [0.25, 0.3) is 0 Å². The van der Waals surface area contributed by atoms with Crippen molar-refractivity contribution in [3.63, 3.8) is 0 Å². The Morgan fingerprint density at radius 2 is 2.47 bits per heavy atom. The second kappa shape index (κ2) is 6.53. The molecule has 3 heteroatoms. The van der Waals surface area contributed by atoms with Gasteiger partial charge in [-0.05, 0) is 54.6 Å². The zero-order valence-corrected chi connectivity index (χ0v) is 11.5. The molecule has 1 N–H and O–H groups in total. The lowest BCUT2D eigenvalue weighted by atomic mass is 9.77. The summed E-state index contributed by atoms with van der Waals surface area (Å²) in [6.07, 6.45) is 4.86. The molecule has 0 aliphatic carbocycles. The van der Waals surface area contributed by atoms with Gasteiger partial charge in [0, 0.05) is 18.6 Å². The smallest absolute Gasteiger partial charge is 0.0537 e. The number of thiophene rings is 1. The first-order valence-corrected chi connectivity index (χ1v) is 7.58. The van der Waals surface area contributed by atoms with Gasteiger partial charge in [0.15, 0.2) is 0 Å². The summed E-state index contributed by atoms with van der Waals surface area (Å²) in [5.74, 6) is 0. The third-order valence-electron chi connectivity index (χ3n) is 3.49. The minimum Gasteiger partial charge on any atom is -0.381 e. The highest BCUT2D eigenvalue weighted by Crippen LogP contribution is 2.32. The molecule has 2 heterocycles. The predicted molar refractivity (Wildman–Crippen MR) is 73.7 cm³/mol. The monoisotopic (exact) mass is 253 g/mol. The Balaban J connectivity index is 1.95. The first kappa shape index (κ1) is 13.1. The van der Waals surface area contributed by atoms with Gasteiger partial charge in [0.1, 0.15) is 0 Å². The van der Waals surface area contributed by atoms with Crippen LogP contribution in [0.5, 0.6) is 0 Å². The maximum atomic E-state index is 5.73. The fourth-order valence-electron chi connectivity index (χ4n) is 2.61. The lowest BCUT2D eigenvalue weighted by molar-refractivity contribution is -0.00701. The summed E-state index contributed by atoms with van der Waals surface area (Å²) in [7, 11) is 0. The summed E-state index contributed by atoms with van der Waals surface area (Å²) >= 11 is 1.79. The van der Waals surface area contributed by atoms with E-state index in [4.69, 9.17) is 4.74 Å². The van der Waals surface area contributed by atoms with E-state index >= 15 is 0 Å². The molecular formula is C14H23NOS. The van der Waals surface area contributed by atoms with Gasteiger partial charge >= 0.3 is 0 Å². The molecule has 1 aliphatic heterocycles. The van der Waals surface area contributed by atoms with Gasteiger partial charge in [-0.1, -0.05) is 6.92 Å². The molecule has 1 unspecified atom stereocenters. The Labute approximate surface area is 108 Å². The van der Waals surface area contributed by atoms with Crippen LogP contribution in [0, 0.1) is 5.41 Å². The van der Waals surface area contributed by atoms with Crippen molar-refractivity contribution < 1.29 is 4.74 Å². The topological polar surface area (TPSA) is 21.3 Å². The van der Waals surface area contributed by atoms with Crippen molar-refractivity contribution in [2.45, 2.75) is 32.6 Å². The van der Waals surface area contributed by atoms with Crippen LogP contribution in [0.4, 0.5) is 0 Å². The summed E-state index contributed by atoms with van der Waals surface area (Å²) in [6.45, 7) is 6.29. The third-order valence-corrected chi connectivity index (χ3v) is 4.22. The summed E-state index contributed by atoms with van der Waals surface area (Å²) in [5, 5.41) is 8.03. The van der Waals surface area contributed by atoms with E-state index in [1.165, 1.54) is 24.8 Å². The molecule has 2 rings (SSSR count). The number of hydrogen-bond donors (Lipinski definition) is 1. The fourth-order valence-corrected chi connectivity index (χ4v) is 3.28. The summed E-state index contributed by atoms with van der Waals surface area (Å²) in [5.41, 5.74) is 1.80. The normalized spacial score (nSPS) is 25.0. The van der Waals surface area contributed by atoms with Crippen molar-refractivity contribution in [2.24, 2.45) is 5.41 Å². The van der Waals surface area contributed by atoms with E-state index in [0.717, 1.165) is 32.7 Å². The van der Waals surface area contributed by atoms with E-state index in [1.807, 2.05) is 0 Å². The Kier molecular flexibility index (Phi) is 5.01. The molecule has 0 saturated carbocycles. The quantitative estimate of drug-likeness (QED) is 0.787. The van der Waals surface area contributed by atoms with Crippen LogP contribution in [0.1, 0.15) is 31.7 Å². The maximum Gasteiger partial charge on any atom is 0.0537 e. The Hall–Kier alpha value is -0.380. The van der Waals surface area contributed by atoms with Gasteiger partial charge in [-0.2, -0.15) is 11.3 Å². The zero-order valence-electron chi connectivity index (χ0n) is 10.7. The molecule has 1 saturated heterocycles. The lowest BCUT2D eigenvalue weighted by Crippen LogP contribution is -2.42. The molecule has 1 aromatic rings. The highest BCUT2D eigenvalue weighted by Gasteiger charge is 2.32. The summed E-state index contributed by atoms with van der Waals surface area (Å²) in [6, 6.07) is 2.25. The molecule has 0 spiro atoms. The van der Waals surface area contributed by atoms with Gasteiger partial charge in [0.25, 0.3) is 0 Å². The van der Waals surface area contributed by atoms with Gasteiger partial charge < -0.3 is 10.1 Å². The van der Waals surface area contributed by atoms with Crippen LogP contribution in [0.2, 0.25) is 0 Å². The average molecular weight is 253 g/mol. The third kappa shape index (κ3) is 3.80. The molecule has 0 aromatic carbocycles. The Bertz CT molecular complexity index is 304. The molecule has 0 bridgehead atoms. The number of nitrogens with one attached hydrogen (secondary N) is 1. The van der Waals surface area contributed by atoms with Crippen LogP contribution >= 0.6 is 11.3 Å². The van der Waals surface area contributed by atoms with Gasteiger partial charge in [0.2, 0.25) is 0 Å². The molecule has 1 aliphatic rings. The molecule has 0 amide bonds. The van der Waals surface area contributed by atoms with Crippen molar-refractivity contribution >= 4 is 11.3 Å². The van der Waals surface area contributed by atoms with E-state index in [-0.39, 0.29) is 0 Å². The highest BCUT2D eigenvalue weighted by atomic mass is 32.1.